The number of nitrogens with zero attached hydrogens (tertiary/aromatic N) is 2. The third-order valence-corrected chi connectivity index (χ3v) is 3.89. The number of carbonyl (C=O) groups is 1. The number of aliphatic imine (C=N–C) groups is 1. The smallest absolute Gasteiger partial charge is 0.241 e. The Bertz CT molecular complexity index is 751. The maximum atomic E-state index is 11.9. The quantitative estimate of drug-likeness (QED) is 0.335. The second kappa shape index (κ2) is 13.0. The minimum Gasteiger partial charge on any atom is -0.494 e. The minimum absolute atomic E-state index is 0. The molecule has 28 heavy (non-hydrogen) atoms. The molecule has 0 saturated heterocycles. The van der Waals surface area contributed by atoms with E-state index in [2.05, 4.69) is 15.6 Å². The van der Waals surface area contributed by atoms with E-state index in [0.717, 1.165) is 16.9 Å². The average Bonchev–Trinajstić information content (AvgIpc) is 2.69. The van der Waals surface area contributed by atoms with Gasteiger partial charge in [0.15, 0.2) is 5.96 Å². The van der Waals surface area contributed by atoms with E-state index in [-0.39, 0.29) is 36.4 Å². The Hall–Kier alpha value is -2.29. The molecule has 0 aliphatic carbocycles. The summed E-state index contributed by atoms with van der Waals surface area (Å²) in [6.07, 6.45) is 0. The summed E-state index contributed by atoms with van der Waals surface area (Å²) >= 11 is 0. The molecule has 0 unspecified atom stereocenters. The van der Waals surface area contributed by atoms with E-state index in [1.807, 2.05) is 61.5 Å². The number of guanidine groups is 1. The number of rotatable bonds is 8. The van der Waals surface area contributed by atoms with Crippen LogP contribution in [-0.2, 0) is 17.9 Å². The van der Waals surface area contributed by atoms with Crippen molar-refractivity contribution >= 4 is 35.8 Å². The molecule has 0 aliphatic heterocycles. The molecule has 1 amide bonds. The highest BCUT2D eigenvalue weighted by molar-refractivity contribution is 14.0. The third kappa shape index (κ3) is 8.16. The van der Waals surface area contributed by atoms with Crippen molar-refractivity contribution in [2.45, 2.75) is 20.0 Å². The topological polar surface area (TPSA) is 66.0 Å². The van der Waals surface area contributed by atoms with E-state index in [4.69, 9.17) is 4.74 Å². The molecular formula is C21H29IN4O2. The fraction of sp³-hybridized carbons (Fsp3) is 0.333. The Morgan fingerprint density at radius 3 is 2.39 bits per heavy atom. The zero-order valence-electron chi connectivity index (χ0n) is 16.6. The maximum Gasteiger partial charge on any atom is 0.241 e. The van der Waals surface area contributed by atoms with Gasteiger partial charge >= 0.3 is 0 Å². The predicted molar refractivity (Wildman–Crippen MR) is 124 cm³/mol. The lowest BCUT2D eigenvalue weighted by atomic mass is 10.2. The maximum absolute atomic E-state index is 11.9. The summed E-state index contributed by atoms with van der Waals surface area (Å²) in [6, 6.07) is 17.9. The van der Waals surface area contributed by atoms with Crippen LogP contribution in [0.25, 0.3) is 0 Å². The van der Waals surface area contributed by atoms with E-state index in [1.165, 1.54) is 0 Å². The van der Waals surface area contributed by atoms with Gasteiger partial charge in [0.1, 0.15) is 5.75 Å². The molecule has 0 saturated carbocycles. The van der Waals surface area contributed by atoms with Crippen molar-refractivity contribution in [1.29, 1.82) is 0 Å². The monoisotopic (exact) mass is 496 g/mol. The molecule has 0 fully saturated rings. The molecule has 6 nitrogen and oxygen atoms in total. The molecule has 0 aliphatic rings. The molecule has 0 bridgehead atoms. The standard InChI is InChI=1S/C21H28N4O2.HI/c1-4-27-19-13-9-8-12-18(19)15-23-21(24-16-20(26)25(2)3)22-14-17-10-6-5-7-11-17;/h5-13H,4,14-16H2,1-3H3,(H2,22,23,24);1H. The Kier molecular flexibility index (Phi) is 11.0. The van der Waals surface area contributed by atoms with Crippen LogP contribution in [0.3, 0.4) is 0 Å². The highest BCUT2D eigenvalue weighted by atomic mass is 127. The second-order valence-electron chi connectivity index (χ2n) is 6.19. The summed E-state index contributed by atoms with van der Waals surface area (Å²) in [4.78, 5) is 18.0. The first-order valence-electron chi connectivity index (χ1n) is 9.07. The number of hydrogen-bond donors (Lipinski definition) is 2. The SMILES string of the molecule is CCOc1ccccc1CNC(=NCc1ccccc1)NCC(=O)N(C)C.I. The molecule has 2 N–H and O–H groups in total. The van der Waals surface area contributed by atoms with Gasteiger partial charge in [0.05, 0.1) is 19.7 Å². The molecule has 0 aromatic heterocycles. The van der Waals surface area contributed by atoms with Crippen LogP contribution in [-0.4, -0.2) is 44.0 Å². The van der Waals surface area contributed by atoms with Gasteiger partial charge in [0, 0.05) is 26.2 Å². The van der Waals surface area contributed by atoms with Crippen LogP contribution < -0.4 is 15.4 Å². The minimum atomic E-state index is -0.0149. The zero-order valence-corrected chi connectivity index (χ0v) is 19.0. The molecule has 0 heterocycles. The van der Waals surface area contributed by atoms with Gasteiger partial charge in [-0.15, -0.1) is 24.0 Å². The van der Waals surface area contributed by atoms with Crippen LogP contribution in [0.1, 0.15) is 18.1 Å². The van der Waals surface area contributed by atoms with Gasteiger partial charge in [0.2, 0.25) is 5.91 Å². The van der Waals surface area contributed by atoms with Crippen molar-refractivity contribution in [3.05, 3.63) is 65.7 Å². The first-order chi connectivity index (χ1) is 13.1. The Morgan fingerprint density at radius 1 is 1.04 bits per heavy atom. The third-order valence-electron chi connectivity index (χ3n) is 3.89. The van der Waals surface area contributed by atoms with E-state index >= 15 is 0 Å². The van der Waals surface area contributed by atoms with Gasteiger partial charge in [0.25, 0.3) is 0 Å². The lowest BCUT2D eigenvalue weighted by Gasteiger charge is -2.16. The van der Waals surface area contributed by atoms with Crippen LogP contribution in [0.5, 0.6) is 5.75 Å². The lowest BCUT2D eigenvalue weighted by Crippen LogP contribution is -2.42. The Morgan fingerprint density at radius 2 is 1.71 bits per heavy atom. The summed E-state index contributed by atoms with van der Waals surface area (Å²) in [5.41, 5.74) is 2.14. The normalized spacial score (nSPS) is 10.6. The van der Waals surface area contributed by atoms with Crippen molar-refractivity contribution in [2.75, 3.05) is 27.2 Å². The molecule has 7 heteroatoms. The molecule has 0 spiro atoms. The van der Waals surface area contributed by atoms with Crippen molar-refractivity contribution in [2.24, 2.45) is 4.99 Å². The van der Waals surface area contributed by atoms with Gasteiger partial charge in [-0.05, 0) is 18.6 Å². The molecule has 2 aromatic carbocycles. The van der Waals surface area contributed by atoms with Crippen LogP contribution in [0, 0.1) is 0 Å². The number of nitrogens with one attached hydrogen (secondary N) is 2. The van der Waals surface area contributed by atoms with Crippen LogP contribution >= 0.6 is 24.0 Å². The number of likely N-dealkylation sites (N-methyl/N-ethyl adjacent to an activating group) is 1. The molecular weight excluding hydrogens is 467 g/mol. The van der Waals surface area contributed by atoms with Gasteiger partial charge < -0.3 is 20.3 Å². The molecule has 152 valence electrons. The highest BCUT2D eigenvalue weighted by Gasteiger charge is 2.08. The highest BCUT2D eigenvalue weighted by Crippen LogP contribution is 2.17. The van der Waals surface area contributed by atoms with Gasteiger partial charge in [-0.1, -0.05) is 48.5 Å². The molecule has 0 atom stereocenters. The molecule has 2 aromatic rings. The number of carbonyl (C=O) groups excluding carboxylic acids is 1. The fourth-order valence-electron chi connectivity index (χ4n) is 2.37. The van der Waals surface area contributed by atoms with Crippen molar-refractivity contribution < 1.29 is 9.53 Å². The average molecular weight is 496 g/mol. The predicted octanol–water partition coefficient (Wildman–Crippen LogP) is 3.03. The number of halogens is 1. The van der Waals surface area contributed by atoms with E-state index in [0.29, 0.717) is 25.7 Å². The van der Waals surface area contributed by atoms with Crippen molar-refractivity contribution in [1.82, 2.24) is 15.5 Å². The van der Waals surface area contributed by atoms with Gasteiger partial charge in [-0.25, -0.2) is 4.99 Å². The fourth-order valence-corrected chi connectivity index (χ4v) is 2.37. The van der Waals surface area contributed by atoms with Crippen LogP contribution in [0.15, 0.2) is 59.6 Å². The number of ether oxygens (including phenoxy) is 1. The molecule has 2 rings (SSSR count). The van der Waals surface area contributed by atoms with Crippen molar-refractivity contribution in [3.63, 3.8) is 0 Å². The summed E-state index contributed by atoms with van der Waals surface area (Å²) in [5.74, 6) is 1.42. The number of hydrogen-bond acceptors (Lipinski definition) is 3. The first kappa shape index (κ1) is 23.7. The molecule has 0 radical (unpaired) electrons. The van der Waals surface area contributed by atoms with Crippen molar-refractivity contribution in [3.8, 4) is 5.75 Å². The number of amides is 1. The van der Waals surface area contributed by atoms with Crippen LogP contribution in [0.4, 0.5) is 0 Å². The van der Waals surface area contributed by atoms with Crippen LogP contribution in [0.2, 0.25) is 0 Å². The Balaban J connectivity index is 0.00000392. The Labute approximate surface area is 184 Å². The summed E-state index contributed by atoms with van der Waals surface area (Å²) in [7, 11) is 3.47. The first-order valence-corrected chi connectivity index (χ1v) is 9.07. The van der Waals surface area contributed by atoms with Gasteiger partial charge in [-0.3, -0.25) is 4.79 Å². The van der Waals surface area contributed by atoms with E-state index in [9.17, 15) is 4.79 Å². The second-order valence-corrected chi connectivity index (χ2v) is 6.19. The lowest BCUT2D eigenvalue weighted by molar-refractivity contribution is -0.127. The summed E-state index contributed by atoms with van der Waals surface area (Å²) < 4.78 is 5.67. The number of para-hydroxylation sites is 1. The summed E-state index contributed by atoms with van der Waals surface area (Å²) in [5, 5.41) is 6.39. The summed E-state index contributed by atoms with van der Waals surface area (Å²) in [6.45, 7) is 3.83. The zero-order chi connectivity index (χ0) is 19.5. The van der Waals surface area contributed by atoms with E-state index < -0.39 is 0 Å². The number of benzene rings is 2. The van der Waals surface area contributed by atoms with E-state index in [1.54, 1.807) is 19.0 Å². The largest absolute Gasteiger partial charge is 0.494 e. The van der Waals surface area contributed by atoms with Gasteiger partial charge in [-0.2, -0.15) is 0 Å².